The summed E-state index contributed by atoms with van der Waals surface area (Å²) in [5.74, 6) is 0. The zero-order chi connectivity index (χ0) is 12.2. The van der Waals surface area contributed by atoms with Crippen molar-refractivity contribution < 1.29 is 0 Å². The molecule has 0 aliphatic rings. The van der Waals surface area contributed by atoms with Crippen molar-refractivity contribution in [2.24, 2.45) is 0 Å². The molecule has 0 heteroatoms. The molecule has 0 bridgehead atoms. The maximum absolute atomic E-state index is 2.22. The lowest BCUT2D eigenvalue weighted by Gasteiger charge is -1.89. The lowest BCUT2D eigenvalue weighted by molar-refractivity contribution is 0.962. The molecule has 0 unspecified atom stereocenters. The average molecular weight is 224 g/mol. The van der Waals surface area contributed by atoms with E-state index in [0.29, 0.717) is 0 Å². The van der Waals surface area contributed by atoms with Crippen LogP contribution in [0.2, 0.25) is 0 Å². The van der Waals surface area contributed by atoms with E-state index in [1.807, 2.05) is 42.5 Å². The highest BCUT2D eigenvalue weighted by Gasteiger charge is 1.80. The van der Waals surface area contributed by atoms with Gasteiger partial charge < -0.3 is 0 Å². The molecular weight excluding hydrogens is 204 g/mol. The smallest absolute Gasteiger partial charge is 0.0260 e. The predicted octanol–water partition coefficient (Wildman–Crippen LogP) is 5.19. The molecule has 0 fully saturated rings. The van der Waals surface area contributed by atoms with Gasteiger partial charge in [-0.2, -0.15) is 0 Å². The van der Waals surface area contributed by atoms with Crippen LogP contribution < -0.4 is 0 Å². The number of rotatable bonds is 3. The first kappa shape index (κ1) is 13.2. The molecule has 88 valence electrons. The minimum absolute atomic E-state index is 1.18. The SMILES string of the molecule is CCCC=Cc1ccccc1.c1ccccc1. The van der Waals surface area contributed by atoms with Crippen LogP contribution >= 0.6 is 0 Å². The van der Waals surface area contributed by atoms with Crippen LogP contribution in [0, 0.1) is 0 Å². The van der Waals surface area contributed by atoms with Crippen LogP contribution in [0.3, 0.4) is 0 Å². The fourth-order valence-electron chi connectivity index (χ4n) is 1.34. The Bertz CT molecular complexity index is 360. The molecule has 0 nitrogen and oxygen atoms in total. The van der Waals surface area contributed by atoms with E-state index in [-0.39, 0.29) is 0 Å². The Balaban J connectivity index is 0.000000202. The van der Waals surface area contributed by atoms with Gasteiger partial charge in [-0.3, -0.25) is 0 Å². The van der Waals surface area contributed by atoms with Gasteiger partial charge in [0.2, 0.25) is 0 Å². The van der Waals surface area contributed by atoms with Crippen molar-refractivity contribution in [3.05, 3.63) is 78.4 Å². The van der Waals surface area contributed by atoms with E-state index in [1.165, 1.54) is 18.4 Å². The molecule has 0 aliphatic carbocycles. The number of allylic oxidation sites excluding steroid dienone is 1. The molecular formula is C17H20. The minimum atomic E-state index is 1.18. The molecule has 0 amide bonds. The van der Waals surface area contributed by atoms with Crippen LogP contribution in [-0.2, 0) is 0 Å². The summed E-state index contributed by atoms with van der Waals surface area (Å²) >= 11 is 0. The van der Waals surface area contributed by atoms with Gasteiger partial charge in [0.25, 0.3) is 0 Å². The Labute approximate surface area is 105 Å². The Hall–Kier alpha value is -1.82. The molecule has 2 rings (SSSR count). The molecule has 0 aliphatic heterocycles. The fourth-order valence-corrected chi connectivity index (χ4v) is 1.34. The normalized spacial score (nSPS) is 9.71. The van der Waals surface area contributed by atoms with Gasteiger partial charge in [0.15, 0.2) is 0 Å². The third-order valence-corrected chi connectivity index (χ3v) is 2.23. The summed E-state index contributed by atoms with van der Waals surface area (Å²) in [7, 11) is 0. The standard InChI is InChI=1S/C11H14.C6H6/c1-2-3-5-8-11-9-6-4-7-10-11;1-2-4-6-5-3-1/h4-10H,2-3H2,1H3;1-6H. The van der Waals surface area contributed by atoms with E-state index in [9.17, 15) is 0 Å². The summed E-state index contributed by atoms with van der Waals surface area (Å²) in [5, 5.41) is 0. The van der Waals surface area contributed by atoms with Crippen molar-refractivity contribution in [1.82, 2.24) is 0 Å². The fraction of sp³-hybridized carbons (Fsp3) is 0.176. The van der Waals surface area contributed by atoms with Crippen molar-refractivity contribution in [3.63, 3.8) is 0 Å². The van der Waals surface area contributed by atoms with Crippen molar-refractivity contribution in [1.29, 1.82) is 0 Å². The van der Waals surface area contributed by atoms with Gasteiger partial charge in [0, 0.05) is 0 Å². The van der Waals surface area contributed by atoms with Gasteiger partial charge >= 0.3 is 0 Å². The number of hydrogen-bond donors (Lipinski definition) is 0. The molecule has 2 aromatic rings. The summed E-state index contributed by atoms with van der Waals surface area (Å²) in [6, 6.07) is 22.4. The third-order valence-electron chi connectivity index (χ3n) is 2.23. The molecule has 0 saturated carbocycles. The van der Waals surface area contributed by atoms with E-state index in [4.69, 9.17) is 0 Å². The largest absolute Gasteiger partial charge is 0.0840 e. The topological polar surface area (TPSA) is 0 Å². The maximum Gasteiger partial charge on any atom is -0.0260 e. The van der Waals surface area contributed by atoms with E-state index in [1.54, 1.807) is 0 Å². The van der Waals surface area contributed by atoms with Crippen LogP contribution in [0.25, 0.3) is 6.08 Å². The highest BCUT2D eigenvalue weighted by atomic mass is 13.9. The minimum Gasteiger partial charge on any atom is -0.0840 e. The summed E-state index contributed by atoms with van der Waals surface area (Å²) in [5.41, 5.74) is 1.29. The zero-order valence-corrected chi connectivity index (χ0v) is 10.4. The van der Waals surface area contributed by atoms with Crippen LogP contribution in [-0.4, -0.2) is 0 Å². The second-order valence-corrected chi connectivity index (χ2v) is 3.76. The Morgan fingerprint density at radius 1 is 0.765 bits per heavy atom. The molecule has 0 saturated heterocycles. The molecule has 17 heavy (non-hydrogen) atoms. The van der Waals surface area contributed by atoms with Crippen LogP contribution in [0.5, 0.6) is 0 Å². The Kier molecular flexibility index (Phi) is 7.33. The van der Waals surface area contributed by atoms with Gasteiger partial charge in [0.1, 0.15) is 0 Å². The monoisotopic (exact) mass is 224 g/mol. The van der Waals surface area contributed by atoms with Gasteiger partial charge in [-0.25, -0.2) is 0 Å². The number of hydrogen-bond acceptors (Lipinski definition) is 0. The molecule has 0 atom stereocenters. The van der Waals surface area contributed by atoms with Crippen LogP contribution in [0.4, 0.5) is 0 Å². The van der Waals surface area contributed by atoms with E-state index in [2.05, 4.69) is 43.3 Å². The summed E-state index contributed by atoms with van der Waals surface area (Å²) in [6.07, 6.45) is 6.79. The molecule has 2 aromatic carbocycles. The first-order valence-electron chi connectivity index (χ1n) is 6.15. The van der Waals surface area contributed by atoms with E-state index >= 15 is 0 Å². The molecule has 0 radical (unpaired) electrons. The Morgan fingerprint density at radius 3 is 1.71 bits per heavy atom. The van der Waals surface area contributed by atoms with E-state index < -0.39 is 0 Å². The first-order valence-corrected chi connectivity index (χ1v) is 6.15. The summed E-state index contributed by atoms with van der Waals surface area (Å²) in [6.45, 7) is 2.19. The van der Waals surface area contributed by atoms with Gasteiger partial charge in [-0.15, -0.1) is 0 Å². The summed E-state index contributed by atoms with van der Waals surface area (Å²) in [4.78, 5) is 0. The molecule has 0 N–H and O–H groups in total. The van der Waals surface area contributed by atoms with Crippen molar-refractivity contribution in [3.8, 4) is 0 Å². The van der Waals surface area contributed by atoms with Crippen LogP contribution in [0.1, 0.15) is 25.3 Å². The number of unbranched alkanes of at least 4 members (excludes halogenated alkanes) is 1. The second kappa shape index (κ2) is 9.41. The second-order valence-electron chi connectivity index (χ2n) is 3.76. The van der Waals surface area contributed by atoms with Gasteiger partial charge in [-0.05, 0) is 12.0 Å². The van der Waals surface area contributed by atoms with Crippen molar-refractivity contribution in [2.75, 3.05) is 0 Å². The highest BCUT2D eigenvalue weighted by molar-refractivity contribution is 5.48. The lowest BCUT2D eigenvalue weighted by atomic mass is 10.2. The van der Waals surface area contributed by atoms with Gasteiger partial charge in [-0.1, -0.05) is 92.2 Å². The van der Waals surface area contributed by atoms with E-state index in [0.717, 1.165) is 0 Å². The van der Waals surface area contributed by atoms with Crippen molar-refractivity contribution >= 4 is 6.08 Å². The zero-order valence-electron chi connectivity index (χ0n) is 10.4. The molecule has 0 spiro atoms. The quantitative estimate of drug-likeness (QED) is 0.673. The predicted molar refractivity (Wildman–Crippen MR) is 76.8 cm³/mol. The Morgan fingerprint density at radius 2 is 1.24 bits per heavy atom. The number of benzene rings is 2. The maximum atomic E-state index is 2.22. The van der Waals surface area contributed by atoms with Crippen molar-refractivity contribution in [2.45, 2.75) is 19.8 Å². The summed E-state index contributed by atoms with van der Waals surface area (Å²) < 4.78 is 0. The first-order chi connectivity index (χ1) is 8.43. The lowest BCUT2D eigenvalue weighted by Crippen LogP contribution is -1.68. The van der Waals surface area contributed by atoms with Gasteiger partial charge in [0.05, 0.1) is 0 Å². The average Bonchev–Trinajstić information content (AvgIpc) is 2.43. The highest BCUT2D eigenvalue weighted by Crippen LogP contribution is 2.02. The van der Waals surface area contributed by atoms with Crippen LogP contribution in [0.15, 0.2) is 72.8 Å². The molecule has 0 aromatic heterocycles. The molecule has 0 heterocycles. The third kappa shape index (κ3) is 7.13.